The highest BCUT2D eigenvalue weighted by Gasteiger charge is 2.04. The number of pyridine rings is 1. The summed E-state index contributed by atoms with van der Waals surface area (Å²) in [5.74, 6) is 1.31. The number of aryl methyl sites for hydroxylation is 1. The molecule has 0 N–H and O–H groups in total. The van der Waals surface area contributed by atoms with Crippen molar-refractivity contribution >= 4 is 11.6 Å². The molecule has 0 unspecified atom stereocenters. The van der Waals surface area contributed by atoms with Crippen molar-refractivity contribution in [3.63, 3.8) is 0 Å². The average molecular weight is 264 g/mol. The zero-order chi connectivity index (χ0) is 13.0. The minimum Gasteiger partial charge on any atom is -0.481 e. The largest absolute Gasteiger partial charge is 0.481 e. The molecule has 2 rings (SSSR count). The van der Waals surface area contributed by atoms with E-state index in [-0.39, 0.29) is 0 Å². The molecule has 0 radical (unpaired) electrons. The van der Waals surface area contributed by atoms with Crippen LogP contribution in [-0.4, -0.2) is 22.1 Å². The normalized spacial score (nSPS) is 10.4. The van der Waals surface area contributed by atoms with E-state index in [1.54, 1.807) is 19.4 Å². The van der Waals surface area contributed by atoms with Gasteiger partial charge in [-0.1, -0.05) is 24.6 Å². The molecule has 0 saturated carbocycles. The summed E-state index contributed by atoms with van der Waals surface area (Å²) in [5, 5.41) is 0.485. The second-order valence-electron chi connectivity index (χ2n) is 3.84. The topological polar surface area (TPSA) is 47.9 Å². The van der Waals surface area contributed by atoms with Gasteiger partial charge in [-0.25, -0.2) is 15.0 Å². The van der Waals surface area contributed by atoms with Gasteiger partial charge in [-0.05, 0) is 18.1 Å². The molecule has 0 aliphatic heterocycles. The predicted octanol–water partition coefficient (Wildman–Crippen LogP) is 2.69. The molecule has 18 heavy (non-hydrogen) atoms. The van der Waals surface area contributed by atoms with Crippen molar-refractivity contribution in [1.82, 2.24) is 15.0 Å². The fourth-order valence-corrected chi connectivity index (χ4v) is 1.82. The van der Waals surface area contributed by atoms with Crippen molar-refractivity contribution in [2.45, 2.75) is 19.8 Å². The van der Waals surface area contributed by atoms with Crippen molar-refractivity contribution in [1.29, 1.82) is 0 Å². The van der Waals surface area contributed by atoms with Crippen LogP contribution in [0.2, 0.25) is 5.15 Å². The number of aromatic nitrogens is 3. The molecule has 0 fully saturated rings. The first kappa shape index (κ1) is 12.8. The van der Waals surface area contributed by atoms with Gasteiger partial charge in [0.2, 0.25) is 5.88 Å². The molecule has 5 heteroatoms. The molecule has 0 bridgehead atoms. The maximum Gasteiger partial charge on any atom is 0.212 e. The molecule has 2 aromatic heterocycles. The van der Waals surface area contributed by atoms with Gasteiger partial charge in [-0.3, -0.25) is 0 Å². The van der Waals surface area contributed by atoms with E-state index in [2.05, 4.69) is 15.0 Å². The molecule has 2 heterocycles. The first-order valence-corrected chi connectivity index (χ1v) is 6.10. The Balaban J connectivity index is 2.19. The van der Waals surface area contributed by atoms with Crippen molar-refractivity contribution < 1.29 is 4.74 Å². The van der Waals surface area contributed by atoms with Gasteiger partial charge in [-0.2, -0.15) is 0 Å². The van der Waals surface area contributed by atoms with Crippen molar-refractivity contribution in [3.8, 4) is 5.88 Å². The third-order valence-corrected chi connectivity index (χ3v) is 2.72. The Morgan fingerprint density at radius 1 is 1.28 bits per heavy atom. The summed E-state index contributed by atoms with van der Waals surface area (Å²) < 4.78 is 5.01. The maximum absolute atomic E-state index is 5.96. The molecular weight excluding hydrogens is 250 g/mol. The van der Waals surface area contributed by atoms with E-state index in [0.717, 1.165) is 17.7 Å². The summed E-state index contributed by atoms with van der Waals surface area (Å²) in [5.41, 5.74) is 1.98. The number of methoxy groups -OCH3 is 1. The van der Waals surface area contributed by atoms with Crippen LogP contribution in [-0.2, 0) is 12.8 Å². The van der Waals surface area contributed by atoms with Crippen LogP contribution in [0.25, 0.3) is 0 Å². The minimum atomic E-state index is 0.485. The van der Waals surface area contributed by atoms with E-state index in [4.69, 9.17) is 16.3 Å². The SMILES string of the molecule is CCc1cc(Cl)nc(Cc2ccc(OC)nc2)n1. The van der Waals surface area contributed by atoms with E-state index < -0.39 is 0 Å². The van der Waals surface area contributed by atoms with Gasteiger partial charge in [0.25, 0.3) is 0 Å². The highest BCUT2D eigenvalue weighted by atomic mass is 35.5. The molecule has 0 saturated heterocycles. The Hall–Kier alpha value is -1.68. The van der Waals surface area contributed by atoms with E-state index in [1.807, 2.05) is 19.1 Å². The number of hydrogen-bond acceptors (Lipinski definition) is 4. The zero-order valence-corrected chi connectivity index (χ0v) is 11.1. The van der Waals surface area contributed by atoms with Gasteiger partial charge in [-0.15, -0.1) is 0 Å². The predicted molar refractivity (Wildman–Crippen MR) is 70.0 cm³/mol. The van der Waals surface area contributed by atoms with Crippen molar-refractivity contribution in [2.24, 2.45) is 0 Å². The van der Waals surface area contributed by atoms with E-state index >= 15 is 0 Å². The Labute approximate surface area is 111 Å². The van der Waals surface area contributed by atoms with Gasteiger partial charge >= 0.3 is 0 Å². The lowest BCUT2D eigenvalue weighted by Gasteiger charge is -2.04. The molecule has 0 aliphatic carbocycles. The van der Waals surface area contributed by atoms with Gasteiger partial charge in [0.05, 0.1) is 7.11 Å². The first-order valence-electron chi connectivity index (χ1n) is 5.72. The number of halogens is 1. The molecule has 94 valence electrons. The molecule has 0 atom stereocenters. The second-order valence-corrected chi connectivity index (χ2v) is 4.22. The Morgan fingerprint density at radius 3 is 2.72 bits per heavy atom. The fraction of sp³-hybridized carbons (Fsp3) is 0.308. The average Bonchev–Trinajstić information content (AvgIpc) is 2.39. The molecule has 4 nitrogen and oxygen atoms in total. The maximum atomic E-state index is 5.96. The van der Waals surface area contributed by atoms with Crippen LogP contribution in [0, 0.1) is 0 Å². The lowest BCUT2D eigenvalue weighted by atomic mass is 10.2. The lowest BCUT2D eigenvalue weighted by Crippen LogP contribution is -2.01. The number of nitrogens with zero attached hydrogens (tertiary/aromatic N) is 3. The molecule has 0 aliphatic rings. The third kappa shape index (κ3) is 3.17. The number of hydrogen-bond donors (Lipinski definition) is 0. The van der Waals surface area contributed by atoms with Gasteiger partial charge in [0.15, 0.2) is 0 Å². The van der Waals surface area contributed by atoms with Crippen LogP contribution < -0.4 is 4.74 Å². The number of ether oxygens (including phenoxy) is 1. The fourth-order valence-electron chi connectivity index (χ4n) is 1.60. The van der Waals surface area contributed by atoms with Crippen LogP contribution in [0.5, 0.6) is 5.88 Å². The summed E-state index contributed by atoms with van der Waals surface area (Å²) in [6, 6.07) is 5.56. The molecule has 0 aromatic carbocycles. The minimum absolute atomic E-state index is 0.485. The molecular formula is C13H14ClN3O. The summed E-state index contributed by atoms with van der Waals surface area (Å²) in [6.45, 7) is 2.04. The van der Waals surface area contributed by atoms with Gasteiger partial charge < -0.3 is 4.74 Å². The van der Waals surface area contributed by atoms with E-state index in [0.29, 0.717) is 23.3 Å². The Kier molecular flexibility index (Phi) is 4.10. The van der Waals surface area contributed by atoms with Crippen LogP contribution in [0.3, 0.4) is 0 Å². The standard InChI is InChI=1S/C13H14ClN3O/c1-3-10-7-11(14)17-12(16-10)6-9-4-5-13(18-2)15-8-9/h4-5,7-8H,3,6H2,1-2H3. The van der Waals surface area contributed by atoms with Crippen molar-refractivity contribution in [3.05, 3.63) is 46.6 Å². The Bertz CT molecular complexity index is 528. The van der Waals surface area contributed by atoms with Crippen LogP contribution in [0.4, 0.5) is 0 Å². The van der Waals surface area contributed by atoms with E-state index in [1.165, 1.54) is 0 Å². The lowest BCUT2D eigenvalue weighted by molar-refractivity contribution is 0.397. The highest BCUT2D eigenvalue weighted by Crippen LogP contribution is 2.13. The highest BCUT2D eigenvalue weighted by molar-refractivity contribution is 6.29. The van der Waals surface area contributed by atoms with Gasteiger partial charge in [0.1, 0.15) is 11.0 Å². The van der Waals surface area contributed by atoms with Gasteiger partial charge in [0, 0.05) is 24.4 Å². The molecule has 0 spiro atoms. The van der Waals surface area contributed by atoms with Crippen LogP contribution in [0.15, 0.2) is 24.4 Å². The monoisotopic (exact) mass is 263 g/mol. The Morgan fingerprint density at radius 2 is 2.11 bits per heavy atom. The molecule has 2 aromatic rings. The summed E-state index contributed by atoms with van der Waals surface area (Å²) in [4.78, 5) is 12.8. The van der Waals surface area contributed by atoms with Crippen molar-refractivity contribution in [2.75, 3.05) is 7.11 Å². The smallest absolute Gasteiger partial charge is 0.212 e. The number of rotatable bonds is 4. The van der Waals surface area contributed by atoms with E-state index in [9.17, 15) is 0 Å². The molecule has 0 amide bonds. The summed E-state index contributed by atoms with van der Waals surface area (Å²) in [7, 11) is 1.59. The second kappa shape index (κ2) is 5.78. The zero-order valence-electron chi connectivity index (χ0n) is 10.4. The summed E-state index contributed by atoms with van der Waals surface area (Å²) in [6.07, 6.45) is 3.22. The quantitative estimate of drug-likeness (QED) is 0.796. The third-order valence-electron chi connectivity index (χ3n) is 2.53. The summed E-state index contributed by atoms with van der Waals surface area (Å²) >= 11 is 5.96. The van der Waals surface area contributed by atoms with Crippen LogP contribution in [0.1, 0.15) is 24.0 Å². The van der Waals surface area contributed by atoms with Crippen LogP contribution >= 0.6 is 11.6 Å². The first-order chi connectivity index (χ1) is 8.71.